The molecule has 1 heterocycles. The van der Waals surface area contributed by atoms with Crippen LogP contribution in [0, 0.1) is 0 Å². The number of aliphatic carboxylic acids is 1. The Hall–Kier alpha value is -2.17. The van der Waals surface area contributed by atoms with Gasteiger partial charge in [-0.2, -0.15) is 5.10 Å². The number of carboxylic acids is 1. The van der Waals surface area contributed by atoms with E-state index in [1.54, 1.807) is 12.1 Å². The predicted molar refractivity (Wildman–Crippen MR) is 72.3 cm³/mol. The van der Waals surface area contributed by atoms with Crippen molar-refractivity contribution in [1.29, 1.82) is 0 Å². The van der Waals surface area contributed by atoms with Crippen molar-refractivity contribution in [1.82, 2.24) is 0 Å². The molecule has 5 nitrogen and oxygen atoms in total. The van der Waals surface area contributed by atoms with Crippen LogP contribution in [-0.2, 0) is 9.59 Å². The molecule has 2 rings (SSSR count). The molecule has 100 valence electrons. The predicted octanol–water partition coefficient (Wildman–Crippen LogP) is 2.38. The van der Waals surface area contributed by atoms with Crippen LogP contribution >= 0.6 is 0 Å². The summed E-state index contributed by atoms with van der Waals surface area (Å²) in [5.41, 5.74) is 1.79. The summed E-state index contributed by atoms with van der Waals surface area (Å²) in [7, 11) is 0. The minimum atomic E-state index is -1.07. The van der Waals surface area contributed by atoms with Crippen molar-refractivity contribution in [2.75, 3.05) is 5.01 Å². The summed E-state index contributed by atoms with van der Waals surface area (Å²) in [6, 6.07) is 7.44. The van der Waals surface area contributed by atoms with Gasteiger partial charge in [-0.3, -0.25) is 4.79 Å². The Kier molecular flexibility index (Phi) is 3.64. The quantitative estimate of drug-likeness (QED) is 0.907. The summed E-state index contributed by atoms with van der Waals surface area (Å²) in [4.78, 5) is 22.7. The standard InChI is InChI=1S/C14H16N2O3/c1-9(2)10-3-5-11(6-4-10)16-13(17)8-7-12(15-16)14(18)19/h3-6,9H,7-8H2,1-2H3,(H,18,19). The molecule has 0 saturated carbocycles. The van der Waals surface area contributed by atoms with Crippen molar-refractivity contribution in [3.05, 3.63) is 29.8 Å². The van der Waals surface area contributed by atoms with Gasteiger partial charge in [0, 0.05) is 12.8 Å². The lowest BCUT2D eigenvalue weighted by Crippen LogP contribution is -2.34. The number of amides is 1. The van der Waals surface area contributed by atoms with E-state index >= 15 is 0 Å². The highest BCUT2D eigenvalue weighted by Crippen LogP contribution is 2.23. The Bertz CT molecular complexity index is 532. The van der Waals surface area contributed by atoms with Crippen LogP contribution in [0.2, 0.25) is 0 Å². The zero-order valence-corrected chi connectivity index (χ0v) is 11.0. The molecule has 1 aliphatic heterocycles. The molecular weight excluding hydrogens is 244 g/mol. The fraction of sp³-hybridized carbons (Fsp3) is 0.357. The van der Waals surface area contributed by atoms with E-state index in [1.165, 1.54) is 5.01 Å². The molecule has 0 radical (unpaired) electrons. The Morgan fingerprint density at radius 1 is 1.26 bits per heavy atom. The highest BCUT2D eigenvalue weighted by Gasteiger charge is 2.25. The average molecular weight is 260 g/mol. The number of benzene rings is 1. The Morgan fingerprint density at radius 2 is 1.89 bits per heavy atom. The van der Waals surface area contributed by atoms with Gasteiger partial charge in [0.25, 0.3) is 0 Å². The lowest BCUT2D eigenvalue weighted by atomic mass is 10.0. The average Bonchev–Trinajstić information content (AvgIpc) is 2.39. The molecule has 0 spiro atoms. The fourth-order valence-corrected chi connectivity index (χ4v) is 1.91. The smallest absolute Gasteiger partial charge is 0.352 e. The molecule has 5 heteroatoms. The van der Waals surface area contributed by atoms with E-state index in [0.29, 0.717) is 11.6 Å². The number of carbonyl (C=O) groups is 2. The van der Waals surface area contributed by atoms with Crippen LogP contribution in [-0.4, -0.2) is 22.7 Å². The van der Waals surface area contributed by atoms with E-state index in [1.807, 2.05) is 12.1 Å². The number of hydrogen-bond donors (Lipinski definition) is 1. The lowest BCUT2D eigenvalue weighted by Gasteiger charge is -2.22. The zero-order chi connectivity index (χ0) is 14.0. The summed E-state index contributed by atoms with van der Waals surface area (Å²) >= 11 is 0. The van der Waals surface area contributed by atoms with E-state index in [2.05, 4.69) is 18.9 Å². The van der Waals surface area contributed by atoms with Crippen LogP contribution in [0.5, 0.6) is 0 Å². The van der Waals surface area contributed by atoms with Gasteiger partial charge in [0.05, 0.1) is 5.69 Å². The number of carbonyl (C=O) groups excluding carboxylic acids is 1. The second-order valence-electron chi connectivity index (χ2n) is 4.80. The van der Waals surface area contributed by atoms with E-state index in [4.69, 9.17) is 5.11 Å². The largest absolute Gasteiger partial charge is 0.477 e. The Morgan fingerprint density at radius 3 is 2.42 bits per heavy atom. The molecule has 1 aromatic carbocycles. The second kappa shape index (κ2) is 5.22. The second-order valence-corrected chi connectivity index (χ2v) is 4.80. The number of carboxylic acid groups (broad SMARTS) is 1. The van der Waals surface area contributed by atoms with Crippen molar-refractivity contribution in [2.24, 2.45) is 5.10 Å². The highest BCUT2D eigenvalue weighted by atomic mass is 16.4. The van der Waals surface area contributed by atoms with E-state index in [9.17, 15) is 9.59 Å². The van der Waals surface area contributed by atoms with Crippen molar-refractivity contribution in [2.45, 2.75) is 32.6 Å². The first-order chi connectivity index (χ1) is 8.99. The molecule has 0 aromatic heterocycles. The Balaban J connectivity index is 2.31. The van der Waals surface area contributed by atoms with Gasteiger partial charge in [-0.25, -0.2) is 9.80 Å². The molecule has 19 heavy (non-hydrogen) atoms. The van der Waals surface area contributed by atoms with E-state index in [0.717, 1.165) is 5.56 Å². The number of hydrogen-bond acceptors (Lipinski definition) is 3. The molecule has 1 aliphatic rings. The summed E-state index contributed by atoms with van der Waals surface area (Å²) in [5, 5.41) is 14.0. The van der Waals surface area contributed by atoms with Gasteiger partial charge < -0.3 is 5.11 Å². The minimum Gasteiger partial charge on any atom is -0.477 e. The van der Waals surface area contributed by atoms with Crippen LogP contribution in [0.4, 0.5) is 5.69 Å². The topological polar surface area (TPSA) is 70.0 Å². The van der Waals surface area contributed by atoms with Crippen molar-refractivity contribution in [3.8, 4) is 0 Å². The molecule has 0 bridgehead atoms. The SMILES string of the molecule is CC(C)c1ccc(N2N=C(C(=O)O)CCC2=O)cc1. The van der Waals surface area contributed by atoms with Gasteiger partial charge in [-0.05, 0) is 23.6 Å². The molecular formula is C14H16N2O3. The highest BCUT2D eigenvalue weighted by molar-refractivity contribution is 6.37. The maximum Gasteiger partial charge on any atom is 0.352 e. The third-order valence-corrected chi connectivity index (χ3v) is 3.08. The number of nitrogens with zero attached hydrogens (tertiary/aromatic N) is 2. The molecule has 0 saturated heterocycles. The van der Waals surface area contributed by atoms with Crippen molar-refractivity contribution >= 4 is 23.3 Å². The first-order valence-corrected chi connectivity index (χ1v) is 6.22. The monoisotopic (exact) mass is 260 g/mol. The van der Waals surface area contributed by atoms with Crippen LogP contribution in [0.1, 0.15) is 38.2 Å². The van der Waals surface area contributed by atoms with E-state index in [-0.39, 0.29) is 24.5 Å². The first kappa shape index (κ1) is 13.3. The number of rotatable bonds is 3. The summed E-state index contributed by atoms with van der Waals surface area (Å²) in [6.07, 6.45) is 0.367. The number of anilines is 1. The van der Waals surface area contributed by atoms with Gasteiger partial charge in [-0.1, -0.05) is 26.0 Å². The van der Waals surface area contributed by atoms with Gasteiger partial charge in [0.2, 0.25) is 5.91 Å². The molecule has 0 fully saturated rings. The van der Waals surface area contributed by atoms with Crippen LogP contribution in [0.25, 0.3) is 0 Å². The molecule has 1 amide bonds. The Labute approximate surface area is 111 Å². The summed E-state index contributed by atoms with van der Waals surface area (Å²) in [6.45, 7) is 4.17. The van der Waals surface area contributed by atoms with E-state index < -0.39 is 5.97 Å². The van der Waals surface area contributed by atoms with Gasteiger partial charge in [-0.15, -0.1) is 0 Å². The third kappa shape index (κ3) is 2.81. The van der Waals surface area contributed by atoms with Crippen molar-refractivity contribution < 1.29 is 14.7 Å². The summed E-state index contributed by atoms with van der Waals surface area (Å²) < 4.78 is 0. The van der Waals surface area contributed by atoms with Crippen molar-refractivity contribution in [3.63, 3.8) is 0 Å². The maximum absolute atomic E-state index is 11.8. The fourth-order valence-electron chi connectivity index (χ4n) is 1.91. The van der Waals surface area contributed by atoms with Gasteiger partial charge >= 0.3 is 5.97 Å². The lowest BCUT2D eigenvalue weighted by molar-refractivity contribution is -0.129. The first-order valence-electron chi connectivity index (χ1n) is 6.22. The molecule has 1 aromatic rings. The van der Waals surface area contributed by atoms with Crippen LogP contribution in [0.3, 0.4) is 0 Å². The zero-order valence-electron chi connectivity index (χ0n) is 11.0. The molecule has 0 unspecified atom stereocenters. The van der Waals surface area contributed by atoms with Gasteiger partial charge in [0.15, 0.2) is 0 Å². The maximum atomic E-state index is 11.8. The summed E-state index contributed by atoms with van der Waals surface area (Å²) in [5.74, 6) is -0.845. The number of hydrazone groups is 1. The van der Waals surface area contributed by atoms with Gasteiger partial charge in [0.1, 0.15) is 5.71 Å². The molecule has 0 aliphatic carbocycles. The molecule has 0 atom stereocenters. The van der Waals surface area contributed by atoms with Crippen LogP contribution in [0.15, 0.2) is 29.4 Å². The molecule has 1 N–H and O–H groups in total. The normalized spacial score (nSPS) is 15.6. The third-order valence-electron chi connectivity index (χ3n) is 3.08. The minimum absolute atomic E-state index is 0.0209. The van der Waals surface area contributed by atoms with Crippen LogP contribution < -0.4 is 5.01 Å².